The van der Waals surface area contributed by atoms with Crippen LogP contribution in [-0.4, -0.2) is 24.1 Å². The first kappa shape index (κ1) is 17.1. The Morgan fingerprint density at radius 2 is 1.87 bits per heavy atom. The van der Waals surface area contributed by atoms with E-state index in [2.05, 4.69) is 5.32 Å². The Morgan fingerprint density at radius 1 is 1.13 bits per heavy atom. The van der Waals surface area contributed by atoms with Crippen molar-refractivity contribution in [1.82, 2.24) is 5.32 Å². The van der Waals surface area contributed by atoms with E-state index in [1.807, 2.05) is 0 Å². The number of amides is 1. The van der Waals surface area contributed by atoms with Gasteiger partial charge in [-0.1, -0.05) is 29.3 Å². The molecule has 0 aliphatic rings. The lowest BCUT2D eigenvalue weighted by Crippen LogP contribution is -2.23. The van der Waals surface area contributed by atoms with Crippen LogP contribution < -0.4 is 10.1 Å². The topological polar surface area (TPSA) is 75.6 Å². The van der Waals surface area contributed by atoms with Crippen molar-refractivity contribution in [3.8, 4) is 5.75 Å². The lowest BCUT2D eigenvalue weighted by atomic mass is 10.1. The monoisotopic (exact) mass is 353 g/mol. The highest BCUT2D eigenvalue weighted by Gasteiger charge is 2.14. The fourth-order valence-corrected chi connectivity index (χ4v) is 2.35. The zero-order valence-electron chi connectivity index (χ0n) is 12.1. The van der Waals surface area contributed by atoms with Gasteiger partial charge in [0.15, 0.2) is 0 Å². The van der Waals surface area contributed by atoms with Gasteiger partial charge in [-0.05, 0) is 35.9 Å². The van der Waals surface area contributed by atoms with Crippen LogP contribution in [0.4, 0.5) is 0 Å². The number of aromatic carboxylic acids is 1. The molecule has 2 aromatic carbocycles. The number of nitrogens with one attached hydrogen (secondary N) is 1. The molecule has 0 aromatic heterocycles. The molecule has 120 valence electrons. The highest BCUT2D eigenvalue weighted by Crippen LogP contribution is 2.23. The van der Waals surface area contributed by atoms with E-state index in [1.165, 1.54) is 25.3 Å². The van der Waals surface area contributed by atoms with Crippen LogP contribution in [0.25, 0.3) is 0 Å². The number of benzene rings is 2. The molecule has 0 unspecified atom stereocenters. The number of hydrogen-bond donors (Lipinski definition) is 2. The Balaban J connectivity index is 2.15. The summed E-state index contributed by atoms with van der Waals surface area (Å²) in [5.74, 6) is -1.11. The molecule has 0 aliphatic heterocycles. The lowest BCUT2D eigenvalue weighted by molar-refractivity contribution is 0.0697. The standard InChI is InChI=1S/C16H13Cl2NO4/c1-23-14-5-3-10(17)7-12(14)15(20)19-8-9-2-4-13(18)11(6-9)16(21)22/h2-7H,8H2,1H3,(H,19,20)(H,21,22). The normalized spacial score (nSPS) is 10.2. The van der Waals surface area contributed by atoms with Crippen LogP contribution in [0.3, 0.4) is 0 Å². The van der Waals surface area contributed by atoms with E-state index < -0.39 is 5.97 Å². The predicted octanol–water partition coefficient (Wildman–Crippen LogP) is 3.63. The number of halogens is 2. The van der Waals surface area contributed by atoms with Crippen molar-refractivity contribution in [1.29, 1.82) is 0 Å². The molecule has 0 bridgehead atoms. The molecule has 0 saturated heterocycles. The first-order valence-corrected chi connectivity index (χ1v) is 7.31. The SMILES string of the molecule is COc1ccc(Cl)cc1C(=O)NCc1ccc(Cl)c(C(=O)O)c1. The summed E-state index contributed by atoms with van der Waals surface area (Å²) in [5.41, 5.74) is 0.896. The summed E-state index contributed by atoms with van der Waals surface area (Å²) in [7, 11) is 1.46. The number of carboxylic acids is 1. The second kappa shape index (κ2) is 7.35. The number of methoxy groups -OCH3 is 1. The Hall–Kier alpha value is -2.24. The van der Waals surface area contributed by atoms with E-state index in [0.29, 0.717) is 21.9 Å². The molecule has 2 N–H and O–H groups in total. The van der Waals surface area contributed by atoms with E-state index in [0.717, 1.165) is 0 Å². The van der Waals surface area contributed by atoms with Gasteiger partial charge in [-0.15, -0.1) is 0 Å². The van der Waals surface area contributed by atoms with Gasteiger partial charge in [-0.3, -0.25) is 4.79 Å². The van der Waals surface area contributed by atoms with Crippen molar-refractivity contribution < 1.29 is 19.4 Å². The van der Waals surface area contributed by atoms with Crippen molar-refractivity contribution >= 4 is 35.1 Å². The molecule has 0 saturated carbocycles. The van der Waals surface area contributed by atoms with E-state index >= 15 is 0 Å². The third-order valence-electron chi connectivity index (χ3n) is 3.12. The Bertz CT molecular complexity index is 762. The van der Waals surface area contributed by atoms with Crippen LogP contribution in [0.2, 0.25) is 10.0 Å². The number of carbonyl (C=O) groups is 2. The molecule has 7 heteroatoms. The molecule has 0 atom stereocenters. The number of rotatable bonds is 5. The summed E-state index contributed by atoms with van der Waals surface area (Å²) in [6.45, 7) is 0.145. The zero-order chi connectivity index (χ0) is 17.0. The average molecular weight is 354 g/mol. The quantitative estimate of drug-likeness (QED) is 0.860. The first-order chi connectivity index (χ1) is 10.9. The highest BCUT2D eigenvalue weighted by atomic mass is 35.5. The molecular weight excluding hydrogens is 341 g/mol. The zero-order valence-corrected chi connectivity index (χ0v) is 13.6. The Kier molecular flexibility index (Phi) is 5.47. The van der Waals surface area contributed by atoms with Crippen LogP contribution in [0.5, 0.6) is 5.75 Å². The highest BCUT2D eigenvalue weighted by molar-refractivity contribution is 6.33. The second-order valence-electron chi connectivity index (χ2n) is 4.65. The van der Waals surface area contributed by atoms with Gasteiger partial charge >= 0.3 is 5.97 Å². The minimum atomic E-state index is -1.13. The van der Waals surface area contributed by atoms with Crippen LogP contribution in [0.15, 0.2) is 36.4 Å². The summed E-state index contributed by atoms with van der Waals surface area (Å²) in [6, 6.07) is 9.26. The van der Waals surface area contributed by atoms with Crippen molar-refractivity contribution in [3.05, 3.63) is 63.1 Å². The largest absolute Gasteiger partial charge is 0.496 e. The van der Waals surface area contributed by atoms with E-state index in [-0.39, 0.29) is 23.0 Å². The summed E-state index contributed by atoms with van der Waals surface area (Å²) in [6.07, 6.45) is 0. The van der Waals surface area contributed by atoms with Gasteiger partial charge in [-0.25, -0.2) is 4.79 Å². The van der Waals surface area contributed by atoms with Crippen LogP contribution in [0.1, 0.15) is 26.3 Å². The third kappa shape index (κ3) is 4.15. The summed E-state index contributed by atoms with van der Waals surface area (Å²) >= 11 is 11.7. The fourth-order valence-electron chi connectivity index (χ4n) is 1.98. The maximum atomic E-state index is 12.2. The smallest absolute Gasteiger partial charge is 0.337 e. The fraction of sp³-hybridized carbons (Fsp3) is 0.125. The summed E-state index contributed by atoms with van der Waals surface area (Å²) < 4.78 is 5.13. The number of carbonyl (C=O) groups excluding carboxylic acids is 1. The molecule has 2 rings (SSSR count). The average Bonchev–Trinajstić information content (AvgIpc) is 2.53. The minimum absolute atomic E-state index is 0.0150. The molecule has 2 aromatic rings. The van der Waals surface area contributed by atoms with Crippen molar-refractivity contribution in [3.63, 3.8) is 0 Å². The molecule has 0 fully saturated rings. The lowest BCUT2D eigenvalue weighted by Gasteiger charge is -2.10. The third-order valence-corrected chi connectivity index (χ3v) is 3.69. The van der Waals surface area contributed by atoms with Gasteiger partial charge in [0, 0.05) is 11.6 Å². The Labute approximate surface area is 142 Å². The van der Waals surface area contributed by atoms with Crippen LogP contribution in [0, 0.1) is 0 Å². The van der Waals surface area contributed by atoms with Gasteiger partial charge < -0.3 is 15.2 Å². The maximum Gasteiger partial charge on any atom is 0.337 e. The first-order valence-electron chi connectivity index (χ1n) is 6.56. The number of hydrogen-bond acceptors (Lipinski definition) is 3. The molecule has 23 heavy (non-hydrogen) atoms. The van der Waals surface area contributed by atoms with E-state index in [1.54, 1.807) is 18.2 Å². The molecular formula is C16H13Cl2NO4. The molecule has 0 radical (unpaired) electrons. The maximum absolute atomic E-state index is 12.2. The molecule has 0 heterocycles. The van der Waals surface area contributed by atoms with E-state index in [9.17, 15) is 9.59 Å². The minimum Gasteiger partial charge on any atom is -0.496 e. The summed E-state index contributed by atoms with van der Waals surface area (Å²) in [4.78, 5) is 23.3. The molecule has 5 nitrogen and oxygen atoms in total. The van der Waals surface area contributed by atoms with E-state index in [4.69, 9.17) is 33.0 Å². The van der Waals surface area contributed by atoms with Gasteiger partial charge in [0.25, 0.3) is 5.91 Å². The summed E-state index contributed by atoms with van der Waals surface area (Å²) in [5, 5.41) is 12.3. The molecule has 1 amide bonds. The second-order valence-corrected chi connectivity index (χ2v) is 5.49. The van der Waals surface area contributed by atoms with Gasteiger partial charge in [0.1, 0.15) is 5.75 Å². The van der Waals surface area contributed by atoms with Crippen molar-refractivity contribution in [2.45, 2.75) is 6.54 Å². The van der Waals surface area contributed by atoms with Crippen LogP contribution >= 0.6 is 23.2 Å². The Morgan fingerprint density at radius 3 is 2.52 bits per heavy atom. The van der Waals surface area contributed by atoms with Gasteiger partial charge in [0.05, 0.1) is 23.3 Å². The molecule has 0 spiro atoms. The number of ether oxygens (including phenoxy) is 1. The van der Waals surface area contributed by atoms with Gasteiger partial charge in [0.2, 0.25) is 0 Å². The van der Waals surface area contributed by atoms with Gasteiger partial charge in [-0.2, -0.15) is 0 Å². The predicted molar refractivity (Wildman–Crippen MR) is 87.6 cm³/mol. The van der Waals surface area contributed by atoms with Crippen molar-refractivity contribution in [2.75, 3.05) is 7.11 Å². The molecule has 0 aliphatic carbocycles. The van der Waals surface area contributed by atoms with Crippen LogP contribution in [-0.2, 0) is 6.54 Å². The number of carboxylic acid groups (broad SMARTS) is 1. The van der Waals surface area contributed by atoms with Crippen molar-refractivity contribution in [2.24, 2.45) is 0 Å².